The minimum Gasteiger partial charge on any atom is -0.326 e. The second kappa shape index (κ2) is 7.79. The summed E-state index contributed by atoms with van der Waals surface area (Å²) < 4.78 is 0. The van der Waals surface area contributed by atoms with Crippen LogP contribution in [0.2, 0.25) is 0 Å². The lowest BCUT2D eigenvalue weighted by molar-refractivity contribution is -0.114. The minimum atomic E-state index is -0.202. The Morgan fingerprint density at radius 1 is 0.840 bits per heavy atom. The summed E-state index contributed by atoms with van der Waals surface area (Å²) >= 11 is 0. The topological polar surface area (TPSA) is 58.2 Å². The van der Waals surface area contributed by atoms with Crippen molar-refractivity contribution in [2.45, 2.75) is 33.1 Å². The van der Waals surface area contributed by atoms with Crippen LogP contribution >= 0.6 is 0 Å². The molecule has 0 heterocycles. The molecule has 25 heavy (non-hydrogen) atoms. The predicted molar refractivity (Wildman–Crippen MR) is 104 cm³/mol. The molecule has 0 radical (unpaired) electrons. The SMILES string of the molecule is CC(=O)Nc1ccc(NC(=O)/C=C/c2ccc(C(C)(C)C)cc2)cc1. The van der Waals surface area contributed by atoms with E-state index in [-0.39, 0.29) is 17.2 Å². The van der Waals surface area contributed by atoms with Crippen LogP contribution in [0.3, 0.4) is 0 Å². The molecule has 0 aliphatic carbocycles. The molecule has 2 aromatic rings. The summed E-state index contributed by atoms with van der Waals surface area (Å²) in [5.41, 5.74) is 3.72. The van der Waals surface area contributed by atoms with Crippen molar-refractivity contribution in [1.82, 2.24) is 0 Å². The van der Waals surface area contributed by atoms with E-state index in [1.54, 1.807) is 30.3 Å². The molecule has 0 spiro atoms. The van der Waals surface area contributed by atoms with Crippen LogP contribution in [0.15, 0.2) is 54.6 Å². The van der Waals surface area contributed by atoms with Crippen LogP contribution in [-0.2, 0) is 15.0 Å². The zero-order chi connectivity index (χ0) is 18.4. The lowest BCUT2D eigenvalue weighted by Crippen LogP contribution is -2.10. The van der Waals surface area contributed by atoms with Gasteiger partial charge in [-0.15, -0.1) is 0 Å². The lowest BCUT2D eigenvalue weighted by atomic mass is 9.87. The first kappa shape index (κ1) is 18.5. The number of benzene rings is 2. The zero-order valence-electron chi connectivity index (χ0n) is 15.1. The highest BCUT2D eigenvalue weighted by atomic mass is 16.2. The first-order valence-electron chi connectivity index (χ1n) is 8.21. The van der Waals surface area contributed by atoms with Crippen molar-refractivity contribution in [3.8, 4) is 0 Å². The number of hydrogen-bond donors (Lipinski definition) is 2. The number of amides is 2. The summed E-state index contributed by atoms with van der Waals surface area (Å²) in [6, 6.07) is 15.2. The second-order valence-electron chi connectivity index (χ2n) is 6.95. The number of nitrogens with one attached hydrogen (secondary N) is 2. The van der Waals surface area contributed by atoms with Gasteiger partial charge in [0.05, 0.1) is 0 Å². The van der Waals surface area contributed by atoms with Crippen LogP contribution < -0.4 is 10.6 Å². The van der Waals surface area contributed by atoms with Gasteiger partial charge >= 0.3 is 0 Å². The van der Waals surface area contributed by atoms with Crippen molar-refractivity contribution in [3.63, 3.8) is 0 Å². The molecule has 2 aromatic carbocycles. The Morgan fingerprint density at radius 3 is 1.84 bits per heavy atom. The van der Waals surface area contributed by atoms with Gasteiger partial charge in [0.2, 0.25) is 11.8 Å². The van der Waals surface area contributed by atoms with Crippen molar-refractivity contribution in [2.75, 3.05) is 10.6 Å². The molecule has 0 saturated heterocycles. The highest BCUT2D eigenvalue weighted by Crippen LogP contribution is 2.22. The Bertz CT molecular complexity index is 767. The van der Waals surface area contributed by atoms with E-state index in [1.807, 2.05) is 12.1 Å². The van der Waals surface area contributed by atoms with E-state index >= 15 is 0 Å². The van der Waals surface area contributed by atoms with Gasteiger partial charge in [0.25, 0.3) is 0 Å². The number of carbonyl (C=O) groups excluding carboxylic acids is 2. The van der Waals surface area contributed by atoms with Gasteiger partial charge in [-0.25, -0.2) is 0 Å². The summed E-state index contributed by atoms with van der Waals surface area (Å²) in [4.78, 5) is 23.0. The molecular weight excluding hydrogens is 312 g/mol. The first-order chi connectivity index (χ1) is 11.7. The van der Waals surface area contributed by atoms with E-state index in [0.29, 0.717) is 11.4 Å². The van der Waals surface area contributed by atoms with Crippen LogP contribution in [-0.4, -0.2) is 11.8 Å². The molecule has 0 aliphatic heterocycles. The van der Waals surface area contributed by atoms with Gasteiger partial charge in [-0.3, -0.25) is 9.59 Å². The number of rotatable bonds is 4. The summed E-state index contributed by atoms with van der Waals surface area (Å²) in [6.07, 6.45) is 3.29. The first-order valence-corrected chi connectivity index (χ1v) is 8.21. The second-order valence-corrected chi connectivity index (χ2v) is 6.95. The number of carbonyl (C=O) groups is 2. The molecule has 0 aliphatic rings. The Hall–Kier alpha value is -2.88. The maximum atomic E-state index is 12.0. The lowest BCUT2D eigenvalue weighted by Gasteiger charge is -2.18. The highest BCUT2D eigenvalue weighted by Gasteiger charge is 2.12. The molecule has 0 atom stereocenters. The Kier molecular flexibility index (Phi) is 5.75. The molecular formula is C21H24N2O2. The molecule has 4 nitrogen and oxygen atoms in total. The third kappa shape index (κ3) is 5.92. The van der Waals surface area contributed by atoms with Gasteiger partial charge in [-0.2, -0.15) is 0 Å². The number of anilines is 2. The van der Waals surface area contributed by atoms with Crippen LogP contribution in [0.25, 0.3) is 6.08 Å². The molecule has 0 bridgehead atoms. The third-order valence-corrected chi connectivity index (χ3v) is 3.68. The van der Waals surface area contributed by atoms with Crippen LogP contribution in [0.4, 0.5) is 11.4 Å². The molecule has 2 N–H and O–H groups in total. The molecule has 2 rings (SSSR count). The molecule has 4 heteroatoms. The van der Waals surface area contributed by atoms with E-state index in [9.17, 15) is 9.59 Å². The van der Waals surface area contributed by atoms with Crippen molar-refractivity contribution in [3.05, 3.63) is 65.7 Å². The molecule has 0 unspecified atom stereocenters. The Morgan fingerprint density at radius 2 is 1.36 bits per heavy atom. The maximum absolute atomic E-state index is 12.0. The summed E-state index contributed by atoms with van der Waals surface area (Å²) in [6.45, 7) is 7.96. The van der Waals surface area contributed by atoms with Crippen molar-refractivity contribution >= 4 is 29.3 Å². The van der Waals surface area contributed by atoms with Crippen LogP contribution in [0.1, 0.15) is 38.8 Å². The fourth-order valence-corrected chi connectivity index (χ4v) is 2.29. The fourth-order valence-electron chi connectivity index (χ4n) is 2.29. The number of hydrogen-bond acceptors (Lipinski definition) is 2. The monoisotopic (exact) mass is 336 g/mol. The molecule has 130 valence electrons. The average molecular weight is 336 g/mol. The van der Waals surface area contributed by atoms with Gasteiger partial charge in [0.15, 0.2) is 0 Å². The van der Waals surface area contributed by atoms with Crippen LogP contribution in [0, 0.1) is 0 Å². The van der Waals surface area contributed by atoms with Crippen molar-refractivity contribution < 1.29 is 9.59 Å². The molecule has 0 saturated carbocycles. The quantitative estimate of drug-likeness (QED) is 0.802. The van der Waals surface area contributed by atoms with E-state index in [2.05, 4.69) is 43.5 Å². The Labute approximate surface area is 149 Å². The standard InChI is InChI=1S/C21H24N2O2/c1-15(24)22-18-10-12-19(13-11-18)23-20(25)14-7-16-5-8-17(9-6-16)21(2,3)4/h5-14H,1-4H3,(H,22,24)(H,23,25)/b14-7+. The Balaban J connectivity index is 1.95. The molecule has 0 aromatic heterocycles. The zero-order valence-corrected chi connectivity index (χ0v) is 15.1. The molecule has 0 fully saturated rings. The van der Waals surface area contributed by atoms with E-state index in [1.165, 1.54) is 18.6 Å². The van der Waals surface area contributed by atoms with E-state index in [4.69, 9.17) is 0 Å². The van der Waals surface area contributed by atoms with E-state index < -0.39 is 0 Å². The third-order valence-electron chi connectivity index (χ3n) is 3.68. The van der Waals surface area contributed by atoms with Gasteiger partial charge in [0, 0.05) is 24.4 Å². The summed E-state index contributed by atoms with van der Waals surface area (Å²) in [7, 11) is 0. The summed E-state index contributed by atoms with van der Waals surface area (Å²) in [5.74, 6) is -0.329. The van der Waals surface area contributed by atoms with Gasteiger partial charge in [-0.1, -0.05) is 45.0 Å². The molecule has 2 amide bonds. The predicted octanol–water partition coefficient (Wildman–Crippen LogP) is 4.59. The normalized spacial score (nSPS) is 11.4. The summed E-state index contributed by atoms with van der Waals surface area (Å²) in [5, 5.41) is 5.47. The largest absolute Gasteiger partial charge is 0.326 e. The average Bonchev–Trinajstić information content (AvgIpc) is 2.54. The van der Waals surface area contributed by atoms with Gasteiger partial charge in [-0.05, 0) is 46.9 Å². The highest BCUT2D eigenvalue weighted by molar-refractivity contribution is 6.02. The van der Waals surface area contributed by atoms with Gasteiger partial charge < -0.3 is 10.6 Å². The van der Waals surface area contributed by atoms with Crippen LogP contribution in [0.5, 0.6) is 0 Å². The van der Waals surface area contributed by atoms with Gasteiger partial charge in [0.1, 0.15) is 0 Å². The fraction of sp³-hybridized carbons (Fsp3) is 0.238. The van der Waals surface area contributed by atoms with Crippen molar-refractivity contribution in [1.29, 1.82) is 0 Å². The maximum Gasteiger partial charge on any atom is 0.248 e. The smallest absolute Gasteiger partial charge is 0.248 e. The van der Waals surface area contributed by atoms with Crippen molar-refractivity contribution in [2.24, 2.45) is 0 Å². The minimum absolute atomic E-state index is 0.114. The van der Waals surface area contributed by atoms with E-state index in [0.717, 1.165) is 5.56 Å².